The van der Waals surface area contributed by atoms with Crippen molar-refractivity contribution in [2.45, 2.75) is 18.2 Å². The highest BCUT2D eigenvalue weighted by atomic mass is 32.2. The van der Waals surface area contributed by atoms with Crippen molar-refractivity contribution in [3.63, 3.8) is 0 Å². The first-order valence-corrected chi connectivity index (χ1v) is 6.28. The number of aryl methyl sites for hydroxylation is 1. The van der Waals surface area contributed by atoms with E-state index in [1.54, 1.807) is 19.1 Å². The van der Waals surface area contributed by atoms with Gasteiger partial charge in [-0.25, -0.2) is 0 Å². The Morgan fingerprint density at radius 3 is 2.17 bits per heavy atom. The zero-order chi connectivity index (χ0) is 13.8. The van der Waals surface area contributed by atoms with Gasteiger partial charge in [0.25, 0.3) is 10.1 Å². The van der Waals surface area contributed by atoms with Crippen LogP contribution in [0.1, 0.15) is 5.56 Å². The average molecular weight is 284 g/mol. The molecule has 102 valence electrons. The number of halogens is 3. The molecule has 0 atom stereocenters. The normalized spacial score (nSPS) is 12.7. The molecule has 0 saturated carbocycles. The zero-order valence-corrected chi connectivity index (χ0v) is 10.2. The van der Waals surface area contributed by atoms with Gasteiger partial charge in [-0.1, -0.05) is 17.7 Å². The maximum Gasteiger partial charge on any atom is 0.522 e. The van der Waals surface area contributed by atoms with Crippen LogP contribution in [0.25, 0.3) is 0 Å². The summed E-state index contributed by atoms with van der Waals surface area (Å²) >= 11 is 0. The molecule has 0 aliphatic rings. The Labute approximate surface area is 102 Å². The topological polar surface area (TPSA) is 52.6 Å². The lowest BCUT2D eigenvalue weighted by Gasteiger charge is -2.08. The monoisotopic (exact) mass is 284 g/mol. The number of alkyl halides is 3. The molecule has 8 heteroatoms. The summed E-state index contributed by atoms with van der Waals surface area (Å²) in [5.74, 6) is 0. The highest BCUT2D eigenvalue weighted by Crippen LogP contribution is 2.16. The van der Waals surface area contributed by atoms with E-state index in [4.69, 9.17) is 0 Å². The first-order valence-electron chi connectivity index (χ1n) is 4.87. The van der Waals surface area contributed by atoms with Crippen LogP contribution in [0.2, 0.25) is 0 Å². The first kappa shape index (κ1) is 14.9. The van der Waals surface area contributed by atoms with Crippen molar-refractivity contribution >= 4 is 10.1 Å². The van der Waals surface area contributed by atoms with Gasteiger partial charge in [0, 0.05) is 0 Å². The summed E-state index contributed by atoms with van der Waals surface area (Å²) < 4.78 is 65.7. The molecule has 0 aliphatic heterocycles. The molecular formula is C10H11F3O4S. The van der Waals surface area contributed by atoms with Gasteiger partial charge < -0.3 is 0 Å². The molecule has 0 saturated heterocycles. The van der Waals surface area contributed by atoms with E-state index in [1.807, 2.05) is 0 Å². The second kappa shape index (κ2) is 5.68. The highest BCUT2D eigenvalue weighted by Gasteiger charge is 2.29. The lowest BCUT2D eigenvalue weighted by Crippen LogP contribution is -2.19. The fraction of sp³-hybridized carbons (Fsp3) is 0.400. The number of rotatable bonds is 5. The van der Waals surface area contributed by atoms with Crippen LogP contribution in [0.5, 0.6) is 0 Å². The van der Waals surface area contributed by atoms with Gasteiger partial charge in [0.05, 0.1) is 18.1 Å². The molecule has 1 aromatic carbocycles. The van der Waals surface area contributed by atoms with Crippen LogP contribution in [0.15, 0.2) is 29.2 Å². The van der Waals surface area contributed by atoms with Crippen LogP contribution in [-0.2, 0) is 19.0 Å². The fourth-order valence-electron chi connectivity index (χ4n) is 1.07. The van der Waals surface area contributed by atoms with E-state index in [2.05, 4.69) is 8.92 Å². The summed E-state index contributed by atoms with van der Waals surface area (Å²) in [6.45, 7) is 0.193. The Morgan fingerprint density at radius 1 is 1.11 bits per heavy atom. The van der Waals surface area contributed by atoms with E-state index in [9.17, 15) is 21.6 Å². The van der Waals surface area contributed by atoms with Crippen LogP contribution in [0.4, 0.5) is 13.2 Å². The standard InChI is InChI=1S/C10H11F3O4S/c1-8-2-4-9(5-3-8)18(14,15)17-7-6-16-10(11,12)13/h2-5H,6-7H2,1H3. The molecule has 1 aromatic rings. The molecule has 0 aromatic heterocycles. The van der Waals surface area contributed by atoms with Crippen LogP contribution >= 0.6 is 0 Å². The number of benzene rings is 1. The fourth-order valence-corrected chi connectivity index (χ4v) is 1.97. The number of ether oxygens (including phenoxy) is 1. The van der Waals surface area contributed by atoms with Crippen LogP contribution in [0.3, 0.4) is 0 Å². The lowest BCUT2D eigenvalue weighted by atomic mass is 10.2. The summed E-state index contributed by atoms with van der Waals surface area (Å²) in [6, 6.07) is 5.75. The van der Waals surface area contributed by atoms with E-state index in [1.165, 1.54) is 12.1 Å². The molecule has 0 unspecified atom stereocenters. The molecule has 18 heavy (non-hydrogen) atoms. The van der Waals surface area contributed by atoms with E-state index < -0.39 is 29.7 Å². The van der Waals surface area contributed by atoms with Gasteiger partial charge >= 0.3 is 6.36 Å². The number of hydrogen-bond donors (Lipinski definition) is 0. The van der Waals surface area contributed by atoms with Gasteiger partial charge in [-0.2, -0.15) is 8.42 Å². The third kappa shape index (κ3) is 5.03. The predicted molar refractivity (Wildman–Crippen MR) is 56.3 cm³/mol. The molecule has 0 heterocycles. The zero-order valence-electron chi connectivity index (χ0n) is 9.40. The Kier molecular flexibility index (Phi) is 4.71. The largest absolute Gasteiger partial charge is 0.522 e. The third-order valence-electron chi connectivity index (χ3n) is 1.90. The molecule has 0 fully saturated rings. The molecule has 1 rings (SSSR count). The number of hydrogen-bond acceptors (Lipinski definition) is 4. The van der Waals surface area contributed by atoms with E-state index in [0.717, 1.165) is 5.56 Å². The molecular weight excluding hydrogens is 273 g/mol. The van der Waals surface area contributed by atoms with Gasteiger partial charge in [0.1, 0.15) is 0 Å². The summed E-state index contributed by atoms with van der Waals surface area (Å²) in [4.78, 5) is -0.111. The first-order chi connectivity index (χ1) is 8.21. The molecule has 0 bridgehead atoms. The van der Waals surface area contributed by atoms with Crippen LogP contribution in [-0.4, -0.2) is 28.0 Å². The van der Waals surface area contributed by atoms with Crippen molar-refractivity contribution < 1.29 is 30.5 Å². The second-order valence-electron chi connectivity index (χ2n) is 3.38. The van der Waals surface area contributed by atoms with Crippen molar-refractivity contribution in [3.05, 3.63) is 29.8 Å². The van der Waals surface area contributed by atoms with Crippen LogP contribution < -0.4 is 0 Å². The van der Waals surface area contributed by atoms with Gasteiger partial charge in [-0.05, 0) is 19.1 Å². The smallest absolute Gasteiger partial charge is 0.289 e. The summed E-state index contributed by atoms with van der Waals surface area (Å²) in [5.41, 5.74) is 0.856. The molecule has 0 N–H and O–H groups in total. The van der Waals surface area contributed by atoms with Crippen molar-refractivity contribution in [2.24, 2.45) is 0 Å². The minimum atomic E-state index is -4.79. The highest BCUT2D eigenvalue weighted by molar-refractivity contribution is 7.86. The lowest BCUT2D eigenvalue weighted by molar-refractivity contribution is -0.325. The van der Waals surface area contributed by atoms with Crippen molar-refractivity contribution in [3.8, 4) is 0 Å². The van der Waals surface area contributed by atoms with Crippen molar-refractivity contribution in [1.29, 1.82) is 0 Å². The van der Waals surface area contributed by atoms with Crippen molar-refractivity contribution in [2.75, 3.05) is 13.2 Å². The second-order valence-corrected chi connectivity index (χ2v) is 5.00. The minimum Gasteiger partial charge on any atom is -0.289 e. The predicted octanol–water partition coefficient (Wildman–Crippen LogP) is 2.24. The van der Waals surface area contributed by atoms with Gasteiger partial charge in [-0.3, -0.25) is 8.92 Å². The molecule has 0 spiro atoms. The summed E-state index contributed by atoms with van der Waals surface area (Å²) in [5, 5.41) is 0. The van der Waals surface area contributed by atoms with E-state index in [0.29, 0.717) is 0 Å². The minimum absolute atomic E-state index is 0.111. The van der Waals surface area contributed by atoms with E-state index >= 15 is 0 Å². The van der Waals surface area contributed by atoms with Gasteiger partial charge in [-0.15, -0.1) is 13.2 Å². The average Bonchev–Trinajstić information content (AvgIpc) is 2.24. The SMILES string of the molecule is Cc1ccc(S(=O)(=O)OCCOC(F)(F)F)cc1. The summed E-state index contributed by atoms with van der Waals surface area (Å²) in [7, 11) is -4.04. The Hall–Kier alpha value is -1.12. The van der Waals surface area contributed by atoms with E-state index in [-0.39, 0.29) is 4.90 Å². The molecule has 0 amide bonds. The maximum atomic E-state index is 11.6. The van der Waals surface area contributed by atoms with Crippen molar-refractivity contribution in [1.82, 2.24) is 0 Å². The summed E-state index contributed by atoms with van der Waals surface area (Å²) in [6.07, 6.45) is -4.79. The Bertz CT molecular complexity index is 479. The quantitative estimate of drug-likeness (QED) is 0.614. The van der Waals surface area contributed by atoms with Crippen LogP contribution in [0, 0.1) is 6.92 Å². The van der Waals surface area contributed by atoms with Gasteiger partial charge in [0.2, 0.25) is 0 Å². The van der Waals surface area contributed by atoms with Gasteiger partial charge in [0.15, 0.2) is 0 Å². The molecule has 0 aliphatic carbocycles. The maximum absolute atomic E-state index is 11.6. The molecule has 0 radical (unpaired) electrons. The Morgan fingerprint density at radius 2 is 1.67 bits per heavy atom. The molecule has 4 nitrogen and oxygen atoms in total. The Balaban J connectivity index is 2.53. The third-order valence-corrected chi connectivity index (χ3v) is 3.22.